The monoisotopic (exact) mass is 406 g/mol. The van der Waals surface area contributed by atoms with Crippen molar-refractivity contribution in [2.45, 2.75) is 31.1 Å². The number of nitrogens with zero attached hydrogens (tertiary/aromatic N) is 2. The Balaban J connectivity index is 1.75. The first-order chi connectivity index (χ1) is 12.7. The van der Waals surface area contributed by atoms with E-state index >= 15 is 0 Å². The van der Waals surface area contributed by atoms with Gasteiger partial charge in [-0.05, 0) is 0 Å². The molecule has 12 heteroatoms. The van der Waals surface area contributed by atoms with Crippen molar-refractivity contribution >= 4 is 22.9 Å². The molecule has 4 rings (SSSR count). The summed E-state index contributed by atoms with van der Waals surface area (Å²) in [6.45, 7) is -0.985. The number of carbonyl (C=O) groups is 1. The van der Waals surface area contributed by atoms with E-state index in [1.54, 1.807) is 0 Å². The predicted molar refractivity (Wildman–Crippen MR) is 87.6 cm³/mol. The van der Waals surface area contributed by atoms with Crippen molar-refractivity contribution in [2.24, 2.45) is 0 Å². The zero-order chi connectivity index (χ0) is 19.3. The number of halogens is 4. The van der Waals surface area contributed by atoms with Crippen LogP contribution >= 0.6 is 11.3 Å². The van der Waals surface area contributed by atoms with Crippen LogP contribution in [-0.2, 0) is 0 Å². The van der Waals surface area contributed by atoms with Gasteiger partial charge in [0, 0.05) is 30.8 Å². The molecule has 0 spiro atoms. The Hall–Kier alpha value is -2.34. The molecule has 0 saturated carbocycles. The Morgan fingerprint density at radius 2 is 2.22 bits per heavy atom. The molecule has 2 aromatic heterocycles. The van der Waals surface area contributed by atoms with Crippen molar-refractivity contribution in [3.05, 3.63) is 17.3 Å². The van der Waals surface area contributed by atoms with E-state index in [1.807, 2.05) is 0 Å². The van der Waals surface area contributed by atoms with Gasteiger partial charge in [-0.1, -0.05) is 0 Å². The van der Waals surface area contributed by atoms with E-state index in [2.05, 4.69) is 15.5 Å². The summed E-state index contributed by atoms with van der Waals surface area (Å²) in [7, 11) is 0. The van der Waals surface area contributed by atoms with Crippen molar-refractivity contribution in [3.8, 4) is 16.2 Å². The van der Waals surface area contributed by atoms with Gasteiger partial charge in [0.2, 0.25) is 0 Å². The van der Waals surface area contributed by atoms with Gasteiger partial charge in [0.15, 0.2) is 5.75 Å². The lowest BCUT2D eigenvalue weighted by molar-refractivity contribution is -0.171. The molecule has 1 amide bonds. The lowest BCUT2D eigenvalue weighted by Gasteiger charge is -2.35. The summed E-state index contributed by atoms with van der Waals surface area (Å²) in [5, 5.41) is 18.3. The molecule has 0 aromatic carbocycles. The minimum Gasteiger partial charge on any atom is -0.427 e. The highest BCUT2D eigenvalue weighted by Gasteiger charge is 2.47. The summed E-state index contributed by atoms with van der Waals surface area (Å²) in [6.07, 6.45) is -6.03. The van der Waals surface area contributed by atoms with Crippen molar-refractivity contribution in [3.63, 3.8) is 0 Å². The van der Waals surface area contributed by atoms with Gasteiger partial charge in [0.1, 0.15) is 23.2 Å². The third-order valence-corrected chi connectivity index (χ3v) is 5.55. The standard InChI is InChI=1S/C15H14F4N4O3S/c16-13(17)8(24)1-7-4-23-5-15(18,19)26-10-9(23)12(14(25)22-7)27-11(10)6-2-20-21-3-6/h2-3,7-8,13,24H,1,4-5H2,(H,20,21)(H,22,25)/t7-,8-/m1/s1. The van der Waals surface area contributed by atoms with Crippen molar-refractivity contribution in [1.29, 1.82) is 0 Å². The van der Waals surface area contributed by atoms with Gasteiger partial charge in [-0.25, -0.2) is 8.78 Å². The Morgan fingerprint density at radius 3 is 2.89 bits per heavy atom. The summed E-state index contributed by atoms with van der Waals surface area (Å²) in [4.78, 5) is 14.3. The smallest absolute Gasteiger partial charge is 0.416 e. The first kappa shape index (κ1) is 18.0. The number of ether oxygens (including phenoxy) is 1. The number of thiophene rings is 1. The van der Waals surface area contributed by atoms with Crippen LogP contribution in [-0.4, -0.2) is 59.0 Å². The highest BCUT2D eigenvalue weighted by atomic mass is 32.1. The average molecular weight is 406 g/mol. The van der Waals surface area contributed by atoms with E-state index in [-0.39, 0.29) is 22.9 Å². The Morgan fingerprint density at radius 1 is 1.44 bits per heavy atom. The van der Waals surface area contributed by atoms with Gasteiger partial charge < -0.3 is 20.1 Å². The van der Waals surface area contributed by atoms with Crippen LogP contribution < -0.4 is 15.0 Å². The van der Waals surface area contributed by atoms with Crippen LogP contribution in [0, 0.1) is 0 Å². The molecule has 27 heavy (non-hydrogen) atoms. The third-order valence-electron chi connectivity index (χ3n) is 4.34. The maximum Gasteiger partial charge on any atom is 0.416 e. The van der Waals surface area contributed by atoms with E-state index in [0.717, 1.165) is 11.3 Å². The molecule has 146 valence electrons. The van der Waals surface area contributed by atoms with E-state index in [9.17, 15) is 27.5 Å². The topological polar surface area (TPSA) is 90.5 Å². The zero-order valence-corrected chi connectivity index (χ0v) is 14.4. The molecule has 0 bridgehead atoms. The molecule has 4 heterocycles. The second-order valence-corrected chi connectivity index (χ2v) is 7.37. The second kappa shape index (κ2) is 6.37. The number of aromatic amines is 1. The fourth-order valence-electron chi connectivity index (χ4n) is 3.24. The summed E-state index contributed by atoms with van der Waals surface area (Å²) in [5.74, 6) is -0.730. The molecule has 2 aromatic rings. The number of H-pyrrole nitrogens is 1. The van der Waals surface area contributed by atoms with Crippen LogP contribution in [0.1, 0.15) is 16.1 Å². The Bertz CT molecular complexity index is 858. The van der Waals surface area contributed by atoms with Gasteiger partial charge in [-0.3, -0.25) is 9.89 Å². The number of rotatable bonds is 4. The molecule has 2 aliphatic rings. The number of aromatic nitrogens is 2. The minimum atomic E-state index is -3.52. The Kier molecular flexibility index (Phi) is 4.26. The third kappa shape index (κ3) is 3.23. The minimum absolute atomic E-state index is 0.141. The zero-order valence-electron chi connectivity index (χ0n) is 13.6. The molecule has 0 unspecified atom stereocenters. The maximum absolute atomic E-state index is 14.2. The number of carbonyl (C=O) groups excluding carboxylic acids is 1. The van der Waals surface area contributed by atoms with Crippen LogP contribution in [0.15, 0.2) is 12.4 Å². The van der Waals surface area contributed by atoms with Gasteiger partial charge in [-0.2, -0.15) is 13.9 Å². The Labute approximate surface area is 153 Å². The lowest BCUT2D eigenvalue weighted by Crippen LogP contribution is -2.49. The summed E-state index contributed by atoms with van der Waals surface area (Å²) >= 11 is 0.955. The molecular weight excluding hydrogens is 392 g/mol. The van der Waals surface area contributed by atoms with Crippen LogP contribution in [0.25, 0.3) is 10.4 Å². The van der Waals surface area contributed by atoms with Crippen LogP contribution in [0.4, 0.5) is 23.2 Å². The van der Waals surface area contributed by atoms with E-state index in [1.165, 1.54) is 17.3 Å². The quantitative estimate of drug-likeness (QED) is 0.677. The van der Waals surface area contributed by atoms with Gasteiger partial charge >= 0.3 is 6.11 Å². The highest BCUT2D eigenvalue weighted by molar-refractivity contribution is 7.18. The largest absolute Gasteiger partial charge is 0.427 e. The van der Waals surface area contributed by atoms with Crippen LogP contribution in [0.5, 0.6) is 5.75 Å². The molecular formula is C15H14F4N4O3S. The first-order valence-corrected chi connectivity index (χ1v) is 8.81. The number of nitrogens with one attached hydrogen (secondary N) is 2. The number of aliphatic hydroxyl groups excluding tert-OH is 1. The maximum atomic E-state index is 14.2. The van der Waals surface area contributed by atoms with Gasteiger partial charge in [-0.15, -0.1) is 11.3 Å². The van der Waals surface area contributed by atoms with E-state index in [0.29, 0.717) is 10.4 Å². The molecule has 2 atom stereocenters. The van der Waals surface area contributed by atoms with Crippen LogP contribution in [0.2, 0.25) is 0 Å². The summed E-state index contributed by atoms with van der Waals surface area (Å²) in [5.41, 5.74) is 0.687. The van der Waals surface area contributed by atoms with Crippen LogP contribution in [0.3, 0.4) is 0 Å². The second-order valence-electron chi connectivity index (χ2n) is 6.35. The van der Waals surface area contributed by atoms with Crippen molar-refractivity contribution in [2.75, 3.05) is 18.0 Å². The number of amides is 1. The summed E-state index contributed by atoms with van der Waals surface area (Å²) < 4.78 is 58.5. The highest BCUT2D eigenvalue weighted by Crippen LogP contribution is 2.52. The number of aliphatic hydroxyl groups is 1. The fraction of sp³-hybridized carbons (Fsp3) is 0.467. The predicted octanol–water partition coefficient (Wildman–Crippen LogP) is 2.06. The number of hydrogen-bond acceptors (Lipinski definition) is 6. The van der Waals surface area contributed by atoms with Crippen molar-refractivity contribution < 1.29 is 32.2 Å². The van der Waals surface area contributed by atoms with Crippen molar-refractivity contribution in [1.82, 2.24) is 15.5 Å². The molecule has 0 fully saturated rings. The molecule has 0 saturated heterocycles. The molecule has 3 N–H and O–H groups in total. The van der Waals surface area contributed by atoms with E-state index < -0.39 is 43.6 Å². The number of alkyl halides is 4. The lowest BCUT2D eigenvalue weighted by atomic mass is 10.1. The average Bonchev–Trinajstić information content (AvgIpc) is 3.17. The number of anilines is 1. The molecule has 0 radical (unpaired) electrons. The molecule has 0 aliphatic carbocycles. The molecule has 2 aliphatic heterocycles. The van der Waals surface area contributed by atoms with Gasteiger partial charge in [0.05, 0.1) is 11.1 Å². The summed E-state index contributed by atoms with van der Waals surface area (Å²) in [6, 6.07) is -0.916. The SMILES string of the molecule is O=C1N[C@H](C[C@@H](O)C(F)F)CN2CC(F)(F)Oc3c(-c4cn[nH]c4)sc1c32. The van der Waals surface area contributed by atoms with Gasteiger partial charge in [0.25, 0.3) is 12.3 Å². The fourth-order valence-corrected chi connectivity index (χ4v) is 4.37. The molecule has 7 nitrogen and oxygen atoms in total. The first-order valence-electron chi connectivity index (χ1n) is 8.00. The number of hydrogen-bond donors (Lipinski definition) is 3. The van der Waals surface area contributed by atoms with E-state index in [4.69, 9.17) is 4.74 Å². The normalized spacial score (nSPS) is 22.1.